The molecule has 2 aliphatic rings. The smallest absolute Gasteiger partial charge is 0.189 e. The van der Waals surface area contributed by atoms with E-state index in [-0.39, 0.29) is 42.1 Å². The summed E-state index contributed by atoms with van der Waals surface area (Å²) in [5, 5.41) is 0. The lowest BCUT2D eigenvalue weighted by molar-refractivity contribution is -0.123. The van der Waals surface area contributed by atoms with Crippen LogP contribution in [0.15, 0.2) is 36.6 Å². The van der Waals surface area contributed by atoms with E-state index in [1.165, 1.54) is 23.1 Å². The number of anilines is 1. The predicted molar refractivity (Wildman–Crippen MR) is 99.3 cm³/mol. The molecule has 6 heteroatoms. The van der Waals surface area contributed by atoms with Crippen molar-refractivity contribution in [1.29, 1.82) is 0 Å². The normalized spacial score (nSPS) is 25.4. The van der Waals surface area contributed by atoms with Crippen LogP contribution < -0.4 is 4.90 Å². The first-order chi connectivity index (χ1) is 12.8. The molecule has 3 atom stereocenters. The molecule has 4 nitrogen and oxygen atoms in total. The molecule has 0 amide bonds. The van der Waals surface area contributed by atoms with E-state index in [9.17, 15) is 13.6 Å². The molecule has 1 heterocycles. The number of allylic oxidation sites excluding steroid dienone is 2. The molecule has 1 aliphatic heterocycles. The molecule has 0 radical (unpaired) electrons. The third-order valence-corrected chi connectivity index (χ3v) is 5.54. The van der Waals surface area contributed by atoms with Gasteiger partial charge in [0.05, 0.1) is 5.69 Å². The third kappa shape index (κ3) is 3.50. The number of carbonyl (C=O) groups excluding carboxylic acids is 1. The second kappa shape index (κ2) is 7.43. The third-order valence-electron chi connectivity index (χ3n) is 5.54. The van der Waals surface area contributed by atoms with Gasteiger partial charge in [-0.3, -0.25) is 4.79 Å². The molecular formula is C21H25F2NO3. The van der Waals surface area contributed by atoms with Crippen molar-refractivity contribution < 1.29 is 23.0 Å². The van der Waals surface area contributed by atoms with Gasteiger partial charge in [0.1, 0.15) is 23.0 Å². The molecule has 0 bridgehead atoms. The Morgan fingerprint density at radius 1 is 1.37 bits per heavy atom. The van der Waals surface area contributed by atoms with Crippen molar-refractivity contribution >= 4 is 11.5 Å². The largest absolute Gasteiger partial charge is 0.469 e. The van der Waals surface area contributed by atoms with Crippen LogP contribution in [0.3, 0.4) is 0 Å². The molecule has 0 aromatic heterocycles. The number of rotatable bonds is 6. The van der Waals surface area contributed by atoms with Gasteiger partial charge in [-0.05, 0) is 36.8 Å². The molecule has 0 N–H and O–H groups in total. The van der Waals surface area contributed by atoms with Crippen LogP contribution in [-0.4, -0.2) is 32.3 Å². The Hall–Kier alpha value is -2.21. The van der Waals surface area contributed by atoms with Crippen LogP contribution in [-0.2, 0) is 20.7 Å². The zero-order valence-electron chi connectivity index (χ0n) is 15.9. The minimum Gasteiger partial charge on any atom is -0.469 e. The van der Waals surface area contributed by atoms with Crippen molar-refractivity contribution in [2.75, 3.05) is 25.8 Å². The monoisotopic (exact) mass is 377 g/mol. The summed E-state index contributed by atoms with van der Waals surface area (Å²) in [5.74, 6) is -0.887. The summed E-state index contributed by atoms with van der Waals surface area (Å²) in [7, 11) is 3.33. The van der Waals surface area contributed by atoms with Gasteiger partial charge in [0.2, 0.25) is 0 Å². The zero-order chi connectivity index (χ0) is 19.8. The first-order valence-corrected chi connectivity index (χ1v) is 9.07. The van der Waals surface area contributed by atoms with Gasteiger partial charge in [-0.25, -0.2) is 8.78 Å². The van der Waals surface area contributed by atoms with Gasteiger partial charge < -0.3 is 14.4 Å². The van der Waals surface area contributed by atoms with Crippen LogP contribution in [0.25, 0.3) is 0 Å². The van der Waals surface area contributed by atoms with E-state index in [0.29, 0.717) is 18.6 Å². The Balaban J connectivity index is 1.90. The van der Waals surface area contributed by atoms with Gasteiger partial charge in [-0.15, -0.1) is 6.58 Å². The van der Waals surface area contributed by atoms with E-state index < -0.39 is 17.2 Å². The fraction of sp³-hybridized carbons (Fsp3) is 0.476. The number of nitrogens with zero attached hydrogens (tertiary/aromatic N) is 1. The average Bonchev–Trinajstić information content (AvgIpc) is 3.02. The van der Waals surface area contributed by atoms with Gasteiger partial charge in [-0.1, -0.05) is 13.0 Å². The van der Waals surface area contributed by atoms with Crippen molar-refractivity contribution in [2.24, 2.45) is 11.8 Å². The first-order valence-electron chi connectivity index (χ1n) is 9.07. The molecule has 146 valence electrons. The summed E-state index contributed by atoms with van der Waals surface area (Å²) in [4.78, 5) is 13.8. The second-order valence-electron chi connectivity index (χ2n) is 7.53. The summed E-state index contributed by atoms with van der Waals surface area (Å²) in [6.07, 6.45) is 4.47. The van der Waals surface area contributed by atoms with E-state index in [4.69, 9.17) is 9.47 Å². The maximum absolute atomic E-state index is 14.6. The number of benzene rings is 1. The van der Waals surface area contributed by atoms with E-state index in [0.717, 1.165) is 0 Å². The fourth-order valence-corrected chi connectivity index (χ4v) is 3.99. The lowest BCUT2D eigenvalue weighted by Gasteiger charge is -2.38. The summed E-state index contributed by atoms with van der Waals surface area (Å²) in [5.41, 5.74) is -0.311. The topological polar surface area (TPSA) is 38.8 Å². The molecule has 0 unspecified atom stereocenters. The van der Waals surface area contributed by atoms with E-state index in [1.54, 1.807) is 20.2 Å². The Labute approximate surface area is 158 Å². The van der Waals surface area contributed by atoms with Crippen molar-refractivity contribution in [3.63, 3.8) is 0 Å². The Bertz CT molecular complexity index is 790. The number of carbonyl (C=O) groups is 1. The number of ether oxygens (including phenoxy) is 2. The average molecular weight is 377 g/mol. The second-order valence-corrected chi connectivity index (χ2v) is 7.53. The van der Waals surface area contributed by atoms with Crippen LogP contribution in [0, 0.1) is 23.5 Å². The lowest BCUT2D eigenvalue weighted by Crippen LogP contribution is -2.45. The molecule has 1 aromatic rings. The highest BCUT2D eigenvalue weighted by Gasteiger charge is 2.51. The summed E-state index contributed by atoms with van der Waals surface area (Å²) >= 11 is 0. The quantitative estimate of drug-likeness (QED) is 0.703. The molecule has 1 saturated heterocycles. The van der Waals surface area contributed by atoms with E-state index in [1.807, 2.05) is 6.92 Å². The van der Waals surface area contributed by atoms with E-state index >= 15 is 0 Å². The number of ketones is 1. The van der Waals surface area contributed by atoms with Gasteiger partial charge >= 0.3 is 0 Å². The SMILES string of the molecule is C=CC[C@H]1C[C@]2([C@H](C)Cc3cc(F)c(N(C)C)cc3F)OCOC2=CC1=O. The summed E-state index contributed by atoms with van der Waals surface area (Å²) in [6.45, 7) is 5.69. The predicted octanol–water partition coefficient (Wildman–Crippen LogP) is 4.00. The number of hydrogen-bond donors (Lipinski definition) is 0. The highest BCUT2D eigenvalue weighted by atomic mass is 19.1. The first kappa shape index (κ1) is 19.5. The molecular weight excluding hydrogens is 352 g/mol. The zero-order valence-corrected chi connectivity index (χ0v) is 15.9. The van der Waals surface area contributed by atoms with Crippen molar-refractivity contribution in [3.05, 3.63) is 53.8 Å². The fourth-order valence-electron chi connectivity index (χ4n) is 3.99. The van der Waals surface area contributed by atoms with Crippen LogP contribution >= 0.6 is 0 Å². The van der Waals surface area contributed by atoms with Crippen LogP contribution in [0.5, 0.6) is 0 Å². The molecule has 3 rings (SSSR count). The Morgan fingerprint density at radius 3 is 2.78 bits per heavy atom. The summed E-state index contributed by atoms with van der Waals surface area (Å²) < 4.78 is 40.4. The molecule has 0 saturated carbocycles. The highest BCUT2D eigenvalue weighted by Crippen LogP contribution is 2.46. The molecule has 1 aliphatic carbocycles. The maximum atomic E-state index is 14.6. The highest BCUT2D eigenvalue weighted by molar-refractivity contribution is 5.93. The Morgan fingerprint density at radius 2 is 2.11 bits per heavy atom. The number of halogens is 2. The van der Waals surface area contributed by atoms with Crippen LogP contribution in [0.1, 0.15) is 25.3 Å². The van der Waals surface area contributed by atoms with Crippen molar-refractivity contribution in [2.45, 2.75) is 31.8 Å². The van der Waals surface area contributed by atoms with E-state index in [2.05, 4.69) is 6.58 Å². The van der Waals surface area contributed by atoms with Crippen molar-refractivity contribution in [1.82, 2.24) is 0 Å². The van der Waals surface area contributed by atoms with Gasteiger partial charge in [0, 0.05) is 32.2 Å². The maximum Gasteiger partial charge on any atom is 0.189 e. The molecule has 1 fully saturated rings. The van der Waals surface area contributed by atoms with Gasteiger partial charge in [0.15, 0.2) is 12.6 Å². The lowest BCUT2D eigenvalue weighted by atomic mass is 9.71. The number of hydrogen-bond acceptors (Lipinski definition) is 4. The standard InChI is InChI=1S/C21H25F2NO3/c1-5-6-14-11-21(20(10-19(14)25)26-12-27-21)13(2)7-15-8-17(23)18(24(3)4)9-16(15)22/h5,8-10,13-14H,1,6-7,11-12H2,2-4H3/t13-,14+,21-/m1/s1. The van der Waals surface area contributed by atoms with Crippen LogP contribution in [0.4, 0.5) is 14.5 Å². The van der Waals surface area contributed by atoms with Gasteiger partial charge in [0.25, 0.3) is 0 Å². The van der Waals surface area contributed by atoms with Crippen LogP contribution in [0.2, 0.25) is 0 Å². The minimum absolute atomic E-state index is 0.00853. The number of fused-ring (bicyclic) bond motifs is 1. The summed E-state index contributed by atoms with van der Waals surface area (Å²) in [6, 6.07) is 2.45. The molecule has 27 heavy (non-hydrogen) atoms. The Kier molecular flexibility index (Phi) is 5.38. The molecule has 0 spiro atoms. The van der Waals surface area contributed by atoms with Crippen molar-refractivity contribution in [3.8, 4) is 0 Å². The minimum atomic E-state index is -0.801. The molecule has 1 aromatic carbocycles. The van der Waals surface area contributed by atoms with Gasteiger partial charge in [-0.2, -0.15) is 0 Å².